The summed E-state index contributed by atoms with van der Waals surface area (Å²) in [6, 6.07) is -0.587. The van der Waals surface area contributed by atoms with Crippen LogP contribution in [0.25, 0.3) is 0 Å². The molecular weight excluding hydrogens is 236 g/mol. The van der Waals surface area contributed by atoms with Gasteiger partial charge in [-0.1, -0.05) is 0 Å². The lowest BCUT2D eigenvalue weighted by atomic mass is 10.0. The second kappa shape index (κ2) is 6.04. The average Bonchev–Trinajstić information content (AvgIpc) is 2.40. The van der Waals surface area contributed by atoms with Crippen LogP contribution in [0, 0.1) is 5.92 Å². The van der Waals surface area contributed by atoms with E-state index in [2.05, 4.69) is 10.6 Å². The molecule has 0 unspecified atom stereocenters. The Morgan fingerprint density at radius 1 is 1.50 bits per heavy atom. The highest BCUT2D eigenvalue weighted by Crippen LogP contribution is 2.13. The van der Waals surface area contributed by atoms with E-state index < -0.39 is 17.7 Å². The molecule has 0 saturated carbocycles. The first-order valence-corrected chi connectivity index (χ1v) is 6.20. The molecule has 1 saturated heterocycles. The number of aliphatic hydroxyl groups is 1. The van der Waals surface area contributed by atoms with Crippen LogP contribution in [-0.4, -0.2) is 41.9 Å². The molecule has 6 nitrogen and oxygen atoms in total. The molecule has 0 aromatic rings. The number of alkyl carbamates (subject to hydrolysis) is 1. The van der Waals surface area contributed by atoms with Crippen LogP contribution in [0.5, 0.6) is 0 Å². The average molecular weight is 258 g/mol. The molecule has 2 amide bonds. The Bertz CT molecular complexity index is 312. The van der Waals surface area contributed by atoms with E-state index in [9.17, 15) is 9.59 Å². The predicted molar refractivity (Wildman–Crippen MR) is 66.0 cm³/mol. The number of hydrogen-bond acceptors (Lipinski definition) is 4. The molecule has 0 bridgehead atoms. The van der Waals surface area contributed by atoms with Crippen molar-refractivity contribution in [3.63, 3.8) is 0 Å². The van der Waals surface area contributed by atoms with Crippen molar-refractivity contribution in [2.45, 2.75) is 45.3 Å². The fourth-order valence-electron chi connectivity index (χ4n) is 1.75. The standard InChI is InChI=1S/C12H22N2O4/c1-12(2,3)18-11(17)14-9-5-4-8(7-15)6-13-10(9)16/h8-9,15H,4-7H2,1-3H3,(H,13,16)(H,14,17)/t8-,9+/m1/s1. The molecule has 1 fully saturated rings. The van der Waals surface area contributed by atoms with E-state index in [4.69, 9.17) is 9.84 Å². The largest absolute Gasteiger partial charge is 0.444 e. The summed E-state index contributed by atoms with van der Waals surface area (Å²) in [6.45, 7) is 5.78. The van der Waals surface area contributed by atoms with E-state index in [1.54, 1.807) is 20.8 Å². The third kappa shape index (κ3) is 4.91. The minimum absolute atomic E-state index is 0.0411. The van der Waals surface area contributed by atoms with E-state index in [1.165, 1.54) is 0 Å². The Hall–Kier alpha value is -1.30. The lowest BCUT2D eigenvalue weighted by Crippen LogP contribution is -2.47. The number of carbonyl (C=O) groups excluding carboxylic acids is 2. The van der Waals surface area contributed by atoms with Gasteiger partial charge in [0.25, 0.3) is 0 Å². The van der Waals surface area contributed by atoms with Crippen molar-refractivity contribution in [2.24, 2.45) is 5.92 Å². The molecule has 1 aliphatic rings. The number of aliphatic hydroxyl groups excluding tert-OH is 1. The highest BCUT2D eigenvalue weighted by molar-refractivity contribution is 5.85. The zero-order chi connectivity index (χ0) is 13.8. The van der Waals surface area contributed by atoms with Gasteiger partial charge in [-0.15, -0.1) is 0 Å². The summed E-state index contributed by atoms with van der Waals surface area (Å²) in [5.41, 5.74) is -0.584. The number of hydrogen-bond donors (Lipinski definition) is 3. The van der Waals surface area contributed by atoms with Crippen molar-refractivity contribution >= 4 is 12.0 Å². The number of ether oxygens (including phenoxy) is 1. The van der Waals surface area contributed by atoms with Gasteiger partial charge in [-0.2, -0.15) is 0 Å². The van der Waals surface area contributed by atoms with Gasteiger partial charge in [0.15, 0.2) is 0 Å². The molecule has 0 aliphatic carbocycles. The molecule has 0 aromatic heterocycles. The molecule has 0 radical (unpaired) electrons. The van der Waals surface area contributed by atoms with Gasteiger partial charge in [0.2, 0.25) is 5.91 Å². The fraction of sp³-hybridized carbons (Fsp3) is 0.833. The Kier molecular flexibility index (Phi) is 4.95. The first-order valence-electron chi connectivity index (χ1n) is 6.20. The van der Waals surface area contributed by atoms with E-state index in [-0.39, 0.29) is 18.4 Å². The predicted octanol–water partition coefficient (Wildman–Crippen LogP) is 0.398. The minimum atomic E-state index is -0.593. The molecule has 1 aliphatic heterocycles. The molecule has 1 heterocycles. The molecule has 0 spiro atoms. The maximum Gasteiger partial charge on any atom is 0.408 e. The van der Waals surface area contributed by atoms with Crippen molar-refractivity contribution < 1.29 is 19.4 Å². The first-order chi connectivity index (χ1) is 8.31. The molecule has 1 rings (SSSR count). The lowest BCUT2D eigenvalue weighted by molar-refractivity contribution is -0.122. The monoisotopic (exact) mass is 258 g/mol. The highest BCUT2D eigenvalue weighted by Gasteiger charge is 2.27. The summed E-state index contributed by atoms with van der Waals surface area (Å²) in [6.07, 6.45) is 0.608. The van der Waals surface area contributed by atoms with Gasteiger partial charge in [-0.3, -0.25) is 4.79 Å². The number of rotatable bonds is 2. The minimum Gasteiger partial charge on any atom is -0.444 e. The number of nitrogens with one attached hydrogen (secondary N) is 2. The van der Waals surface area contributed by atoms with Gasteiger partial charge < -0.3 is 20.5 Å². The van der Waals surface area contributed by atoms with Crippen LogP contribution in [0.15, 0.2) is 0 Å². The van der Waals surface area contributed by atoms with Crippen LogP contribution in [0.3, 0.4) is 0 Å². The Labute approximate surface area is 107 Å². The van der Waals surface area contributed by atoms with Crippen molar-refractivity contribution in [1.29, 1.82) is 0 Å². The molecule has 104 valence electrons. The van der Waals surface area contributed by atoms with Crippen molar-refractivity contribution in [1.82, 2.24) is 10.6 Å². The van der Waals surface area contributed by atoms with Crippen molar-refractivity contribution in [3.05, 3.63) is 0 Å². The van der Waals surface area contributed by atoms with Crippen LogP contribution in [0.1, 0.15) is 33.6 Å². The zero-order valence-corrected chi connectivity index (χ0v) is 11.2. The van der Waals surface area contributed by atoms with Gasteiger partial charge in [0, 0.05) is 13.2 Å². The second-order valence-corrected chi connectivity index (χ2v) is 5.57. The summed E-state index contributed by atoms with van der Waals surface area (Å²) >= 11 is 0. The summed E-state index contributed by atoms with van der Waals surface area (Å²) < 4.78 is 5.10. The molecular formula is C12H22N2O4. The zero-order valence-electron chi connectivity index (χ0n) is 11.2. The van der Waals surface area contributed by atoms with Gasteiger partial charge in [0.1, 0.15) is 11.6 Å². The molecule has 2 atom stereocenters. The van der Waals surface area contributed by atoms with E-state index in [0.29, 0.717) is 19.4 Å². The number of amides is 2. The van der Waals surface area contributed by atoms with Crippen LogP contribution in [-0.2, 0) is 9.53 Å². The Morgan fingerprint density at radius 2 is 2.17 bits per heavy atom. The van der Waals surface area contributed by atoms with Gasteiger partial charge in [0.05, 0.1) is 0 Å². The normalized spacial score (nSPS) is 25.0. The highest BCUT2D eigenvalue weighted by atomic mass is 16.6. The topological polar surface area (TPSA) is 87.7 Å². The van der Waals surface area contributed by atoms with Crippen LogP contribution >= 0.6 is 0 Å². The lowest BCUT2D eigenvalue weighted by Gasteiger charge is -2.22. The second-order valence-electron chi connectivity index (χ2n) is 5.57. The molecule has 6 heteroatoms. The summed E-state index contributed by atoms with van der Waals surface area (Å²) in [5.74, 6) is -0.170. The number of carbonyl (C=O) groups is 2. The Morgan fingerprint density at radius 3 is 2.72 bits per heavy atom. The third-order valence-corrected chi connectivity index (χ3v) is 2.69. The molecule has 3 N–H and O–H groups in total. The van der Waals surface area contributed by atoms with Gasteiger partial charge >= 0.3 is 6.09 Å². The SMILES string of the molecule is CC(C)(C)OC(=O)N[C@H]1CC[C@@H](CO)CNC1=O. The van der Waals surface area contributed by atoms with Crippen LogP contribution in [0.4, 0.5) is 4.79 Å². The smallest absolute Gasteiger partial charge is 0.408 e. The maximum atomic E-state index is 11.7. The summed E-state index contributed by atoms with van der Waals surface area (Å²) in [4.78, 5) is 23.3. The van der Waals surface area contributed by atoms with Gasteiger partial charge in [-0.05, 0) is 39.5 Å². The van der Waals surface area contributed by atoms with E-state index in [0.717, 1.165) is 0 Å². The van der Waals surface area contributed by atoms with E-state index in [1.807, 2.05) is 0 Å². The molecule has 0 aromatic carbocycles. The quantitative estimate of drug-likeness (QED) is 0.669. The van der Waals surface area contributed by atoms with Crippen molar-refractivity contribution in [3.8, 4) is 0 Å². The maximum absolute atomic E-state index is 11.7. The first kappa shape index (κ1) is 14.8. The fourth-order valence-corrected chi connectivity index (χ4v) is 1.75. The third-order valence-electron chi connectivity index (χ3n) is 2.69. The van der Waals surface area contributed by atoms with E-state index >= 15 is 0 Å². The Balaban J connectivity index is 2.50. The van der Waals surface area contributed by atoms with Crippen LogP contribution < -0.4 is 10.6 Å². The molecule has 18 heavy (non-hydrogen) atoms. The summed E-state index contributed by atoms with van der Waals surface area (Å²) in [7, 11) is 0. The van der Waals surface area contributed by atoms with Crippen molar-refractivity contribution in [2.75, 3.05) is 13.2 Å². The van der Waals surface area contributed by atoms with Crippen LogP contribution in [0.2, 0.25) is 0 Å². The summed E-state index contributed by atoms with van der Waals surface area (Å²) in [5, 5.41) is 14.3. The van der Waals surface area contributed by atoms with Gasteiger partial charge in [-0.25, -0.2) is 4.79 Å².